The highest BCUT2D eigenvalue weighted by Crippen LogP contribution is 2.22. The molecule has 0 fully saturated rings. The van der Waals surface area contributed by atoms with Gasteiger partial charge in [-0.05, 0) is 12.1 Å². The van der Waals surface area contributed by atoms with Crippen LogP contribution >= 0.6 is 11.3 Å². The van der Waals surface area contributed by atoms with Crippen LogP contribution in [0.25, 0.3) is 0 Å². The predicted molar refractivity (Wildman–Crippen MR) is 59.2 cm³/mol. The van der Waals surface area contributed by atoms with Gasteiger partial charge >= 0.3 is 0 Å². The SMILES string of the molecule is CNc1nnc(Nc2ccccc2)s1. The summed E-state index contributed by atoms with van der Waals surface area (Å²) in [5.41, 5.74) is 1.02. The fourth-order valence-electron chi connectivity index (χ4n) is 1.02. The van der Waals surface area contributed by atoms with E-state index in [1.54, 1.807) is 0 Å². The normalized spacial score (nSPS) is 9.79. The van der Waals surface area contributed by atoms with Crippen molar-refractivity contribution >= 4 is 27.3 Å². The summed E-state index contributed by atoms with van der Waals surface area (Å²) in [5.74, 6) is 0. The maximum Gasteiger partial charge on any atom is 0.211 e. The number of anilines is 3. The van der Waals surface area contributed by atoms with E-state index in [1.165, 1.54) is 11.3 Å². The monoisotopic (exact) mass is 206 g/mol. The van der Waals surface area contributed by atoms with Gasteiger partial charge in [0.15, 0.2) is 0 Å². The Morgan fingerprint density at radius 1 is 1.07 bits per heavy atom. The third-order valence-electron chi connectivity index (χ3n) is 1.66. The van der Waals surface area contributed by atoms with Gasteiger partial charge in [-0.15, -0.1) is 10.2 Å². The number of aromatic nitrogens is 2. The summed E-state index contributed by atoms with van der Waals surface area (Å²) < 4.78 is 0. The van der Waals surface area contributed by atoms with Gasteiger partial charge in [0.1, 0.15) is 0 Å². The van der Waals surface area contributed by atoms with Crippen molar-refractivity contribution in [3.63, 3.8) is 0 Å². The van der Waals surface area contributed by atoms with E-state index in [1.807, 2.05) is 37.4 Å². The van der Waals surface area contributed by atoms with Crippen molar-refractivity contribution in [3.8, 4) is 0 Å². The third kappa shape index (κ3) is 2.00. The first-order valence-corrected chi connectivity index (χ1v) is 5.03. The van der Waals surface area contributed by atoms with Crippen molar-refractivity contribution in [3.05, 3.63) is 30.3 Å². The highest BCUT2D eigenvalue weighted by molar-refractivity contribution is 7.19. The number of hydrogen-bond donors (Lipinski definition) is 2. The smallest absolute Gasteiger partial charge is 0.211 e. The Kier molecular flexibility index (Phi) is 2.60. The van der Waals surface area contributed by atoms with E-state index < -0.39 is 0 Å². The van der Waals surface area contributed by atoms with Gasteiger partial charge in [0.2, 0.25) is 10.3 Å². The molecule has 0 atom stereocenters. The standard InChI is InChI=1S/C9H10N4S/c1-10-8-12-13-9(14-8)11-7-5-3-2-4-6-7/h2-6H,1H3,(H,10,12)(H,11,13). The molecule has 0 bridgehead atoms. The minimum atomic E-state index is 0.792. The molecular weight excluding hydrogens is 196 g/mol. The molecule has 0 radical (unpaired) electrons. The molecule has 2 aromatic rings. The van der Waals surface area contributed by atoms with Crippen molar-refractivity contribution < 1.29 is 0 Å². The molecule has 0 spiro atoms. The van der Waals surface area contributed by atoms with Crippen LogP contribution in [0.3, 0.4) is 0 Å². The highest BCUT2D eigenvalue weighted by Gasteiger charge is 2.01. The molecule has 0 aliphatic heterocycles. The zero-order chi connectivity index (χ0) is 9.80. The summed E-state index contributed by atoms with van der Waals surface area (Å²) in [6.07, 6.45) is 0. The van der Waals surface area contributed by atoms with Gasteiger partial charge in [-0.25, -0.2) is 0 Å². The van der Waals surface area contributed by atoms with Crippen molar-refractivity contribution in [2.45, 2.75) is 0 Å². The zero-order valence-electron chi connectivity index (χ0n) is 7.69. The Labute approximate surface area is 86.0 Å². The number of rotatable bonds is 3. The summed E-state index contributed by atoms with van der Waals surface area (Å²) in [4.78, 5) is 0. The van der Waals surface area contributed by atoms with Gasteiger partial charge in [0.05, 0.1) is 0 Å². The summed E-state index contributed by atoms with van der Waals surface area (Å²) in [6.45, 7) is 0. The number of para-hydroxylation sites is 1. The maximum absolute atomic E-state index is 3.98. The molecule has 4 nitrogen and oxygen atoms in total. The topological polar surface area (TPSA) is 49.8 Å². The Bertz CT molecular complexity index is 398. The van der Waals surface area contributed by atoms with Crippen molar-refractivity contribution in [1.29, 1.82) is 0 Å². The summed E-state index contributed by atoms with van der Waals surface area (Å²) in [5, 5.41) is 15.6. The van der Waals surface area contributed by atoms with Crippen LogP contribution < -0.4 is 10.6 Å². The fourth-order valence-corrected chi connectivity index (χ4v) is 1.64. The Balaban J connectivity index is 2.11. The second-order valence-corrected chi connectivity index (χ2v) is 3.63. The first-order chi connectivity index (χ1) is 6.88. The van der Waals surface area contributed by atoms with E-state index in [9.17, 15) is 0 Å². The molecule has 0 aliphatic rings. The minimum Gasteiger partial charge on any atom is -0.363 e. The van der Waals surface area contributed by atoms with Gasteiger partial charge in [-0.2, -0.15) is 0 Å². The summed E-state index contributed by atoms with van der Waals surface area (Å²) >= 11 is 1.48. The van der Waals surface area contributed by atoms with Gasteiger partial charge in [-0.1, -0.05) is 29.5 Å². The van der Waals surface area contributed by atoms with Crippen molar-refractivity contribution in [1.82, 2.24) is 10.2 Å². The molecule has 2 rings (SSSR count). The molecule has 1 heterocycles. The van der Waals surface area contributed by atoms with E-state index >= 15 is 0 Å². The molecule has 1 aromatic heterocycles. The average molecular weight is 206 g/mol. The molecule has 72 valence electrons. The van der Waals surface area contributed by atoms with Gasteiger partial charge in [0.25, 0.3) is 0 Å². The second-order valence-electron chi connectivity index (χ2n) is 2.65. The Morgan fingerprint density at radius 3 is 2.43 bits per heavy atom. The van der Waals surface area contributed by atoms with E-state index in [-0.39, 0.29) is 0 Å². The van der Waals surface area contributed by atoms with Crippen LogP contribution in [0.1, 0.15) is 0 Å². The van der Waals surface area contributed by atoms with Crippen molar-refractivity contribution in [2.75, 3.05) is 17.7 Å². The first-order valence-electron chi connectivity index (χ1n) is 4.22. The van der Waals surface area contributed by atoms with Crippen LogP contribution in [0, 0.1) is 0 Å². The maximum atomic E-state index is 3.98. The first kappa shape index (κ1) is 8.96. The van der Waals surface area contributed by atoms with Crippen LogP contribution in [0.5, 0.6) is 0 Å². The van der Waals surface area contributed by atoms with Gasteiger partial charge in [-0.3, -0.25) is 0 Å². The van der Waals surface area contributed by atoms with E-state index in [4.69, 9.17) is 0 Å². The Morgan fingerprint density at radius 2 is 1.79 bits per heavy atom. The van der Waals surface area contributed by atoms with Crippen LogP contribution in [0.4, 0.5) is 16.0 Å². The van der Waals surface area contributed by atoms with Gasteiger partial charge in [0, 0.05) is 12.7 Å². The summed E-state index contributed by atoms with van der Waals surface area (Å²) in [7, 11) is 1.83. The molecule has 2 N–H and O–H groups in total. The number of benzene rings is 1. The van der Waals surface area contributed by atoms with E-state index in [0.29, 0.717) is 0 Å². The molecule has 1 aromatic carbocycles. The average Bonchev–Trinajstić information content (AvgIpc) is 2.67. The third-order valence-corrected chi connectivity index (χ3v) is 2.52. The number of nitrogens with one attached hydrogen (secondary N) is 2. The number of hydrogen-bond acceptors (Lipinski definition) is 5. The molecule has 0 unspecified atom stereocenters. The van der Waals surface area contributed by atoms with E-state index in [2.05, 4.69) is 20.8 Å². The molecular formula is C9H10N4S. The molecule has 0 aliphatic carbocycles. The zero-order valence-corrected chi connectivity index (χ0v) is 8.51. The molecule has 0 saturated heterocycles. The number of nitrogens with zero attached hydrogens (tertiary/aromatic N) is 2. The molecule has 5 heteroatoms. The predicted octanol–water partition coefficient (Wildman–Crippen LogP) is 2.32. The lowest BCUT2D eigenvalue weighted by Crippen LogP contribution is -1.88. The van der Waals surface area contributed by atoms with Crippen LogP contribution in [0.2, 0.25) is 0 Å². The highest BCUT2D eigenvalue weighted by atomic mass is 32.1. The lowest BCUT2D eigenvalue weighted by molar-refractivity contribution is 1.09. The van der Waals surface area contributed by atoms with Crippen molar-refractivity contribution in [2.24, 2.45) is 0 Å². The van der Waals surface area contributed by atoms with Gasteiger partial charge < -0.3 is 10.6 Å². The summed E-state index contributed by atoms with van der Waals surface area (Å²) in [6, 6.07) is 9.90. The quantitative estimate of drug-likeness (QED) is 0.809. The second kappa shape index (κ2) is 4.06. The fraction of sp³-hybridized carbons (Fsp3) is 0.111. The lowest BCUT2D eigenvalue weighted by atomic mass is 10.3. The molecule has 14 heavy (non-hydrogen) atoms. The molecule has 0 amide bonds. The minimum absolute atomic E-state index is 0.792. The van der Waals surface area contributed by atoms with E-state index in [0.717, 1.165) is 16.0 Å². The Hall–Kier alpha value is -1.62. The lowest BCUT2D eigenvalue weighted by Gasteiger charge is -1.99. The van der Waals surface area contributed by atoms with Crippen LogP contribution in [-0.2, 0) is 0 Å². The van der Waals surface area contributed by atoms with Crippen LogP contribution in [0.15, 0.2) is 30.3 Å². The molecule has 0 saturated carbocycles. The van der Waals surface area contributed by atoms with Crippen LogP contribution in [-0.4, -0.2) is 17.2 Å². The largest absolute Gasteiger partial charge is 0.363 e.